The van der Waals surface area contributed by atoms with Gasteiger partial charge in [0.15, 0.2) is 0 Å². The Balaban J connectivity index is 1.42. The van der Waals surface area contributed by atoms with Crippen molar-refractivity contribution in [3.8, 4) is 0 Å². The summed E-state index contributed by atoms with van der Waals surface area (Å²) in [5.74, 6) is 1.11. The van der Waals surface area contributed by atoms with E-state index in [4.69, 9.17) is 0 Å². The molecular formula is C20H26N2O5S. The quantitative estimate of drug-likeness (QED) is 0.558. The Morgan fingerprint density at radius 1 is 1.07 bits per heavy atom. The van der Waals surface area contributed by atoms with Crippen LogP contribution in [0.2, 0.25) is 0 Å². The van der Waals surface area contributed by atoms with Crippen LogP contribution in [0.1, 0.15) is 55.3 Å². The average molecular weight is 407 g/mol. The topological polar surface area (TPSA) is 102 Å². The van der Waals surface area contributed by atoms with Crippen molar-refractivity contribution < 1.29 is 22.7 Å². The van der Waals surface area contributed by atoms with Gasteiger partial charge in [-0.15, -0.1) is 4.83 Å². The maximum absolute atomic E-state index is 12.6. The number of esters is 1. The lowest BCUT2D eigenvalue weighted by atomic mass is 9.49. The minimum Gasteiger partial charge on any atom is -0.465 e. The molecule has 2 N–H and O–H groups in total. The van der Waals surface area contributed by atoms with Gasteiger partial charge in [0.1, 0.15) is 0 Å². The van der Waals surface area contributed by atoms with Crippen LogP contribution in [0.15, 0.2) is 29.2 Å². The third-order valence-electron chi connectivity index (χ3n) is 6.61. The molecule has 4 saturated carbocycles. The number of hydrazine groups is 1. The predicted molar refractivity (Wildman–Crippen MR) is 101 cm³/mol. The Kier molecular flexibility index (Phi) is 4.95. The van der Waals surface area contributed by atoms with Crippen molar-refractivity contribution in [2.24, 2.45) is 23.2 Å². The van der Waals surface area contributed by atoms with Crippen LogP contribution in [0, 0.1) is 23.2 Å². The number of carbonyl (C=O) groups is 2. The molecule has 28 heavy (non-hydrogen) atoms. The number of hydrogen-bond acceptors (Lipinski definition) is 5. The van der Waals surface area contributed by atoms with Crippen molar-refractivity contribution >= 4 is 21.9 Å². The molecule has 1 aromatic carbocycles. The molecule has 4 bridgehead atoms. The molecule has 0 aliphatic heterocycles. The average Bonchev–Trinajstić information content (AvgIpc) is 2.64. The Morgan fingerprint density at radius 2 is 1.64 bits per heavy atom. The van der Waals surface area contributed by atoms with E-state index >= 15 is 0 Å². The van der Waals surface area contributed by atoms with E-state index in [-0.39, 0.29) is 21.8 Å². The largest absolute Gasteiger partial charge is 0.465 e. The SMILES string of the molecule is COC(=O)c1ccccc1S(=O)(=O)NNC(=O)CC12CC3CC(CC(C3)C1)C2. The van der Waals surface area contributed by atoms with Gasteiger partial charge in [-0.1, -0.05) is 12.1 Å². The van der Waals surface area contributed by atoms with Crippen LogP contribution >= 0.6 is 0 Å². The van der Waals surface area contributed by atoms with Crippen molar-refractivity contribution in [1.82, 2.24) is 10.3 Å². The van der Waals surface area contributed by atoms with Crippen molar-refractivity contribution in [2.45, 2.75) is 49.8 Å². The molecular weight excluding hydrogens is 380 g/mol. The fraction of sp³-hybridized carbons (Fsp3) is 0.600. The molecule has 8 heteroatoms. The highest BCUT2D eigenvalue weighted by atomic mass is 32.2. The number of hydrogen-bond donors (Lipinski definition) is 2. The normalized spacial score (nSPS) is 30.8. The molecule has 0 radical (unpaired) electrons. The number of sulfonamides is 1. The lowest BCUT2D eigenvalue weighted by Gasteiger charge is -2.56. The van der Waals surface area contributed by atoms with E-state index in [1.165, 1.54) is 44.6 Å². The van der Waals surface area contributed by atoms with Gasteiger partial charge in [-0.3, -0.25) is 10.2 Å². The Labute approximate surface area is 165 Å². The van der Waals surface area contributed by atoms with Gasteiger partial charge in [0.05, 0.1) is 17.6 Å². The molecule has 0 unspecified atom stereocenters. The van der Waals surface area contributed by atoms with Crippen LogP contribution in [0.5, 0.6) is 0 Å². The van der Waals surface area contributed by atoms with Gasteiger partial charge >= 0.3 is 5.97 Å². The maximum atomic E-state index is 12.6. The molecule has 0 aromatic heterocycles. The molecule has 1 amide bonds. The van der Waals surface area contributed by atoms with E-state index in [2.05, 4.69) is 15.0 Å². The second-order valence-electron chi connectivity index (χ2n) is 8.74. The summed E-state index contributed by atoms with van der Waals surface area (Å²) in [5, 5.41) is 0. The summed E-state index contributed by atoms with van der Waals surface area (Å²) in [4.78, 5) is 26.3. The molecule has 0 spiro atoms. The van der Waals surface area contributed by atoms with Crippen molar-refractivity contribution in [3.05, 3.63) is 29.8 Å². The number of benzene rings is 1. The van der Waals surface area contributed by atoms with E-state index < -0.39 is 16.0 Å². The summed E-state index contributed by atoms with van der Waals surface area (Å²) in [6, 6.07) is 5.74. The summed E-state index contributed by atoms with van der Waals surface area (Å²) in [6.45, 7) is 0. The number of methoxy groups -OCH3 is 1. The molecule has 5 rings (SSSR count). The summed E-state index contributed by atoms with van der Waals surface area (Å²) in [5.41, 5.74) is 2.30. The summed E-state index contributed by atoms with van der Waals surface area (Å²) in [6.07, 6.45) is 7.43. The molecule has 1 aromatic rings. The van der Waals surface area contributed by atoms with E-state index in [1.807, 2.05) is 0 Å². The summed E-state index contributed by atoms with van der Waals surface area (Å²) < 4.78 is 29.9. The highest BCUT2D eigenvalue weighted by Gasteiger charge is 2.51. The number of nitrogens with one attached hydrogen (secondary N) is 2. The smallest absolute Gasteiger partial charge is 0.339 e. The maximum Gasteiger partial charge on any atom is 0.339 e. The standard InChI is InChI=1S/C20H26N2O5S/c1-27-19(24)16-4-2-3-5-17(16)28(25,26)22-21-18(23)12-20-9-13-6-14(10-20)8-15(7-13)11-20/h2-5,13-15,22H,6-12H2,1H3,(H,21,23). The van der Waals surface area contributed by atoms with Gasteiger partial charge in [0, 0.05) is 6.42 Å². The highest BCUT2D eigenvalue weighted by molar-refractivity contribution is 7.89. The van der Waals surface area contributed by atoms with Crippen LogP contribution in [0.4, 0.5) is 0 Å². The minimum atomic E-state index is -4.09. The zero-order chi connectivity index (χ0) is 19.9. The Bertz CT molecular complexity index is 860. The van der Waals surface area contributed by atoms with Gasteiger partial charge < -0.3 is 4.74 Å². The molecule has 7 nitrogen and oxygen atoms in total. The van der Waals surface area contributed by atoms with E-state index in [0.29, 0.717) is 6.42 Å². The first-order chi connectivity index (χ1) is 13.3. The zero-order valence-corrected chi connectivity index (χ0v) is 16.8. The highest BCUT2D eigenvalue weighted by Crippen LogP contribution is 2.61. The van der Waals surface area contributed by atoms with E-state index in [1.54, 1.807) is 6.07 Å². The van der Waals surface area contributed by atoms with E-state index in [0.717, 1.165) is 37.0 Å². The summed E-state index contributed by atoms with van der Waals surface area (Å²) in [7, 11) is -2.90. The van der Waals surface area contributed by atoms with Crippen LogP contribution in [0.25, 0.3) is 0 Å². The second-order valence-corrected chi connectivity index (χ2v) is 10.4. The van der Waals surface area contributed by atoms with Crippen LogP contribution < -0.4 is 10.3 Å². The summed E-state index contributed by atoms with van der Waals surface area (Å²) >= 11 is 0. The van der Waals surface area contributed by atoms with E-state index in [9.17, 15) is 18.0 Å². The molecule has 4 aliphatic carbocycles. The molecule has 0 heterocycles. The van der Waals surface area contributed by atoms with Crippen LogP contribution in [-0.2, 0) is 19.6 Å². The second kappa shape index (κ2) is 7.15. The van der Waals surface area contributed by atoms with Gasteiger partial charge in [0.2, 0.25) is 5.91 Å². The van der Waals surface area contributed by atoms with Gasteiger partial charge in [-0.2, -0.15) is 0 Å². The fourth-order valence-electron chi connectivity index (χ4n) is 6.05. The van der Waals surface area contributed by atoms with Crippen molar-refractivity contribution in [2.75, 3.05) is 7.11 Å². The molecule has 4 aliphatic rings. The van der Waals surface area contributed by atoms with Crippen LogP contribution in [0.3, 0.4) is 0 Å². The first kappa shape index (κ1) is 19.4. The molecule has 152 valence electrons. The minimum absolute atomic E-state index is 0.0220. The zero-order valence-electron chi connectivity index (χ0n) is 15.9. The molecule has 4 fully saturated rings. The fourth-order valence-corrected chi connectivity index (χ4v) is 7.11. The number of rotatable bonds is 6. The van der Waals surface area contributed by atoms with Gasteiger partial charge in [-0.05, 0) is 73.8 Å². The van der Waals surface area contributed by atoms with Gasteiger partial charge in [0.25, 0.3) is 10.0 Å². The molecule has 0 saturated heterocycles. The lowest BCUT2D eigenvalue weighted by Crippen LogP contribution is -2.50. The third-order valence-corrected chi connectivity index (χ3v) is 7.91. The molecule has 0 atom stereocenters. The Hall–Kier alpha value is -1.93. The number of ether oxygens (including phenoxy) is 1. The van der Waals surface area contributed by atoms with Crippen LogP contribution in [-0.4, -0.2) is 27.4 Å². The van der Waals surface area contributed by atoms with Gasteiger partial charge in [-0.25, -0.2) is 13.2 Å². The first-order valence-corrected chi connectivity index (χ1v) is 11.3. The third kappa shape index (κ3) is 3.67. The predicted octanol–water partition coefficient (Wildman–Crippen LogP) is 2.39. The first-order valence-electron chi connectivity index (χ1n) is 9.78. The Morgan fingerprint density at radius 3 is 2.21 bits per heavy atom. The monoisotopic (exact) mass is 406 g/mol. The van der Waals surface area contributed by atoms with Crippen molar-refractivity contribution in [3.63, 3.8) is 0 Å². The number of carbonyl (C=O) groups excluding carboxylic acids is 2. The number of amides is 1. The lowest BCUT2D eigenvalue weighted by molar-refractivity contribution is -0.129. The van der Waals surface area contributed by atoms with Crippen molar-refractivity contribution in [1.29, 1.82) is 0 Å².